The van der Waals surface area contributed by atoms with Crippen LogP contribution in [0, 0.1) is 10.1 Å². The van der Waals surface area contributed by atoms with Gasteiger partial charge in [-0.25, -0.2) is 13.2 Å². The summed E-state index contributed by atoms with van der Waals surface area (Å²) in [4.78, 5) is 35.3. The predicted molar refractivity (Wildman–Crippen MR) is 127 cm³/mol. The SMILES string of the molecule is C[C@H](NS(=O)(=O)c1ccccc1[N+](=O)[O-])C(=O)N[C@@H](Cc1ccc(OC(F)(F)F)cc1)C(=O)OC(C)(C)C. The molecule has 0 bridgehead atoms. The molecule has 0 spiro atoms. The van der Waals surface area contributed by atoms with Crippen LogP contribution in [0.5, 0.6) is 5.75 Å². The Morgan fingerprint density at radius 3 is 2.16 bits per heavy atom. The maximum absolute atomic E-state index is 12.8. The number of carbonyl (C=O) groups excluding carboxylic acids is 2. The van der Waals surface area contributed by atoms with Crippen molar-refractivity contribution < 1.29 is 45.6 Å². The molecular formula is C23H26F3N3O8S. The fourth-order valence-corrected chi connectivity index (χ4v) is 4.49. The Bertz CT molecular complexity index is 1280. The van der Waals surface area contributed by atoms with Gasteiger partial charge < -0.3 is 14.8 Å². The van der Waals surface area contributed by atoms with Crippen LogP contribution in [0.25, 0.3) is 0 Å². The number of nitrogens with zero attached hydrogens (tertiary/aromatic N) is 1. The lowest BCUT2D eigenvalue weighted by Gasteiger charge is -2.25. The molecule has 0 saturated carbocycles. The molecule has 1 amide bonds. The minimum atomic E-state index is -4.89. The number of halogens is 3. The second-order valence-corrected chi connectivity index (χ2v) is 10.7. The Kier molecular flexibility index (Phi) is 9.45. The summed E-state index contributed by atoms with van der Waals surface area (Å²) >= 11 is 0. The van der Waals surface area contributed by atoms with Gasteiger partial charge in [-0.05, 0) is 51.5 Å². The standard InChI is InChI=1S/C23H26F3N3O8S/c1-14(28-38(34,35)19-8-6-5-7-18(19)29(32)33)20(30)27-17(21(31)37-22(2,3)4)13-15-9-11-16(12-10-15)36-23(24,25)26/h5-12,14,17,28H,13H2,1-4H3,(H,27,30)/t14-,17-/m0/s1. The molecule has 38 heavy (non-hydrogen) atoms. The van der Waals surface area contributed by atoms with Gasteiger partial charge in [0.2, 0.25) is 15.9 Å². The lowest BCUT2D eigenvalue weighted by Crippen LogP contribution is -2.52. The summed E-state index contributed by atoms with van der Waals surface area (Å²) in [5.41, 5.74) is -1.31. The summed E-state index contributed by atoms with van der Waals surface area (Å²) in [5, 5.41) is 13.6. The first-order valence-electron chi connectivity index (χ1n) is 11.0. The molecule has 0 unspecified atom stereocenters. The summed E-state index contributed by atoms with van der Waals surface area (Å²) in [5.74, 6) is -2.33. The van der Waals surface area contributed by atoms with Crippen molar-refractivity contribution in [3.05, 3.63) is 64.2 Å². The lowest BCUT2D eigenvalue weighted by atomic mass is 10.0. The molecule has 0 aliphatic heterocycles. The molecule has 208 valence electrons. The zero-order valence-electron chi connectivity index (χ0n) is 20.7. The number of carbonyl (C=O) groups is 2. The van der Waals surface area contributed by atoms with Crippen molar-refractivity contribution in [1.82, 2.24) is 10.0 Å². The van der Waals surface area contributed by atoms with Crippen LogP contribution in [-0.2, 0) is 30.8 Å². The van der Waals surface area contributed by atoms with Gasteiger partial charge in [0, 0.05) is 12.5 Å². The Morgan fingerprint density at radius 1 is 1.05 bits per heavy atom. The third kappa shape index (κ3) is 9.30. The van der Waals surface area contributed by atoms with Gasteiger partial charge in [-0.1, -0.05) is 24.3 Å². The van der Waals surface area contributed by atoms with Gasteiger partial charge >= 0.3 is 12.3 Å². The summed E-state index contributed by atoms with van der Waals surface area (Å²) in [7, 11) is -4.52. The Morgan fingerprint density at radius 2 is 1.63 bits per heavy atom. The minimum absolute atomic E-state index is 0.212. The highest BCUT2D eigenvalue weighted by atomic mass is 32.2. The van der Waals surface area contributed by atoms with Crippen LogP contribution < -0.4 is 14.8 Å². The van der Waals surface area contributed by atoms with Gasteiger partial charge in [0.15, 0.2) is 4.90 Å². The number of nitro benzene ring substituents is 1. The first kappa shape index (κ1) is 30.5. The zero-order valence-corrected chi connectivity index (χ0v) is 21.6. The van der Waals surface area contributed by atoms with Gasteiger partial charge in [-0.2, -0.15) is 4.72 Å². The van der Waals surface area contributed by atoms with E-state index in [0.717, 1.165) is 31.2 Å². The topological polar surface area (TPSA) is 154 Å². The quantitative estimate of drug-likeness (QED) is 0.255. The fourth-order valence-electron chi connectivity index (χ4n) is 3.11. The van der Waals surface area contributed by atoms with E-state index in [4.69, 9.17) is 4.74 Å². The predicted octanol–water partition coefficient (Wildman–Crippen LogP) is 3.23. The molecule has 0 aliphatic carbocycles. The summed E-state index contributed by atoms with van der Waals surface area (Å²) < 4.78 is 73.8. The molecule has 0 fully saturated rings. The molecule has 2 N–H and O–H groups in total. The van der Waals surface area contributed by atoms with E-state index < -0.39 is 67.2 Å². The minimum Gasteiger partial charge on any atom is -0.458 e. The molecule has 0 heterocycles. The van der Waals surface area contributed by atoms with Crippen LogP contribution in [-0.4, -0.2) is 49.3 Å². The van der Waals surface area contributed by atoms with Gasteiger partial charge in [0.1, 0.15) is 17.4 Å². The second-order valence-electron chi connectivity index (χ2n) is 9.06. The van der Waals surface area contributed by atoms with Gasteiger partial charge in [-0.15, -0.1) is 13.2 Å². The Balaban J connectivity index is 2.22. The number of benzene rings is 2. The molecule has 0 aliphatic rings. The number of hydrogen-bond donors (Lipinski definition) is 2. The van der Waals surface area contributed by atoms with E-state index in [2.05, 4.69) is 10.1 Å². The van der Waals surface area contributed by atoms with E-state index in [1.54, 1.807) is 20.8 Å². The summed E-state index contributed by atoms with van der Waals surface area (Å²) in [6.07, 6.45) is -5.10. The molecule has 2 atom stereocenters. The lowest BCUT2D eigenvalue weighted by molar-refractivity contribution is -0.387. The first-order chi connectivity index (χ1) is 17.4. The highest BCUT2D eigenvalue weighted by Gasteiger charge is 2.33. The van der Waals surface area contributed by atoms with E-state index in [0.29, 0.717) is 5.56 Å². The van der Waals surface area contributed by atoms with E-state index in [9.17, 15) is 41.3 Å². The number of alkyl halides is 3. The molecule has 11 nitrogen and oxygen atoms in total. The molecule has 2 rings (SSSR count). The van der Waals surface area contributed by atoms with Crippen LogP contribution in [0.1, 0.15) is 33.3 Å². The molecule has 15 heteroatoms. The van der Waals surface area contributed by atoms with E-state index in [1.807, 2.05) is 4.72 Å². The Hall–Kier alpha value is -3.72. The normalized spacial score (nSPS) is 13.8. The largest absolute Gasteiger partial charge is 0.573 e. The number of hydrogen-bond acceptors (Lipinski definition) is 8. The van der Waals surface area contributed by atoms with Crippen LogP contribution >= 0.6 is 0 Å². The Labute approximate surface area is 216 Å². The third-order valence-corrected chi connectivity index (χ3v) is 6.27. The van der Waals surface area contributed by atoms with Gasteiger partial charge in [-0.3, -0.25) is 14.9 Å². The average molecular weight is 562 g/mol. The number of esters is 1. The van der Waals surface area contributed by atoms with Crippen molar-refractivity contribution in [3.8, 4) is 5.75 Å². The summed E-state index contributed by atoms with van der Waals surface area (Å²) in [6.45, 7) is 5.90. The number of ether oxygens (including phenoxy) is 2. The smallest absolute Gasteiger partial charge is 0.458 e. The van der Waals surface area contributed by atoms with Crippen molar-refractivity contribution in [2.45, 2.75) is 63.1 Å². The van der Waals surface area contributed by atoms with E-state index in [-0.39, 0.29) is 6.42 Å². The van der Waals surface area contributed by atoms with Crippen LogP contribution in [0.3, 0.4) is 0 Å². The maximum Gasteiger partial charge on any atom is 0.573 e. The number of rotatable bonds is 10. The molecular weight excluding hydrogens is 535 g/mol. The maximum atomic E-state index is 12.8. The molecule has 2 aromatic carbocycles. The number of para-hydroxylation sites is 1. The van der Waals surface area contributed by atoms with Crippen molar-refractivity contribution >= 4 is 27.6 Å². The van der Waals surface area contributed by atoms with E-state index >= 15 is 0 Å². The zero-order chi connectivity index (χ0) is 28.9. The average Bonchev–Trinajstić information content (AvgIpc) is 2.77. The van der Waals surface area contributed by atoms with Crippen LogP contribution in [0.4, 0.5) is 18.9 Å². The van der Waals surface area contributed by atoms with E-state index in [1.165, 1.54) is 24.3 Å². The molecule has 2 aromatic rings. The molecule has 0 radical (unpaired) electrons. The highest BCUT2D eigenvalue weighted by molar-refractivity contribution is 7.89. The second kappa shape index (κ2) is 11.8. The first-order valence-corrected chi connectivity index (χ1v) is 12.5. The monoisotopic (exact) mass is 561 g/mol. The summed E-state index contributed by atoms with van der Waals surface area (Å²) in [6, 6.07) is 6.28. The van der Waals surface area contributed by atoms with Gasteiger partial charge in [0.25, 0.3) is 5.69 Å². The highest BCUT2D eigenvalue weighted by Crippen LogP contribution is 2.24. The number of nitro groups is 1. The van der Waals surface area contributed by atoms with Crippen LogP contribution in [0.15, 0.2) is 53.4 Å². The number of sulfonamides is 1. The third-order valence-electron chi connectivity index (χ3n) is 4.68. The molecule has 0 aromatic heterocycles. The molecule has 0 saturated heterocycles. The van der Waals surface area contributed by atoms with Crippen molar-refractivity contribution in [3.63, 3.8) is 0 Å². The number of amides is 1. The fraction of sp³-hybridized carbons (Fsp3) is 0.391. The van der Waals surface area contributed by atoms with Crippen molar-refractivity contribution in [2.24, 2.45) is 0 Å². The van der Waals surface area contributed by atoms with Crippen LogP contribution in [0.2, 0.25) is 0 Å². The van der Waals surface area contributed by atoms with Crippen molar-refractivity contribution in [1.29, 1.82) is 0 Å². The number of nitrogens with one attached hydrogen (secondary N) is 2. The van der Waals surface area contributed by atoms with Gasteiger partial charge in [0.05, 0.1) is 11.0 Å². The van der Waals surface area contributed by atoms with Crippen molar-refractivity contribution in [2.75, 3.05) is 0 Å².